The van der Waals surface area contributed by atoms with Gasteiger partial charge in [0.15, 0.2) is 12.1 Å². The zero-order valence-corrected chi connectivity index (χ0v) is 24.0. The molecular formula is C29H30F2N6O3S. The quantitative estimate of drug-likeness (QED) is 0.119. The highest BCUT2D eigenvalue weighted by Crippen LogP contribution is 2.36. The second kappa shape index (κ2) is 15.0. The predicted octanol–water partition coefficient (Wildman–Crippen LogP) is 5.33. The Hall–Kier alpha value is -4.21. The van der Waals surface area contributed by atoms with Crippen molar-refractivity contribution in [3.05, 3.63) is 53.6 Å². The van der Waals surface area contributed by atoms with Crippen molar-refractivity contribution in [2.75, 3.05) is 32.0 Å². The summed E-state index contributed by atoms with van der Waals surface area (Å²) in [5, 5.41) is 3.82. The molecule has 3 aromatic rings. The standard InChI is InChI=1S/C17H16F2N2O3.C12H14N4S/c1-10(23)21(2)12-5-4-11(9-22)13(6-12)14-7-15(17(18)19)20-8-16(14)24-3;1-13-8-17-12-11(14-2)15-7-10(16-12)6-5-9-3-4-9/h4-9,17H,1-3H3;7,9,13H,2-4,8H2,1H3. The molecule has 0 spiro atoms. The Labute approximate surface area is 241 Å². The average molecular weight is 581 g/mol. The van der Waals surface area contributed by atoms with Crippen LogP contribution in [0.25, 0.3) is 11.1 Å². The molecule has 1 aliphatic carbocycles. The molecule has 1 amide bonds. The number of amides is 1. The molecule has 1 saturated carbocycles. The molecule has 0 unspecified atom stereocenters. The molecule has 9 nitrogen and oxygen atoms in total. The summed E-state index contributed by atoms with van der Waals surface area (Å²) in [6.45, 7) is 4.89. The highest BCUT2D eigenvalue weighted by molar-refractivity contribution is 7.99. The molecule has 0 saturated heterocycles. The Balaban J connectivity index is 0.000000239. The predicted molar refractivity (Wildman–Crippen MR) is 156 cm³/mol. The molecule has 12 heteroatoms. The van der Waals surface area contributed by atoms with Gasteiger partial charge in [0.2, 0.25) is 5.91 Å². The molecule has 1 aliphatic rings. The normalized spacial score (nSPS) is 12.0. The van der Waals surface area contributed by atoms with E-state index in [0.717, 1.165) is 10.9 Å². The summed E-state index contributed by atoms with van der Waals surface area (Å²) >= 11 is 1.55. The van der Waals surface area contributed by atoms with E-state index in [0.29, 0.717) is 46.1 Å². The van der Waals surface area contributed by atoms with Gasteiger partial charge in [0.1, 0.15) is 22.2 Å². The Morgan fingerprint density at radius 1 is 1.29 bits per heavy atom. The van der Waals surface area contributed by atoms with E-state index in [-0.39, 0.29) is 11.7 Å². The molecule has 0 bridgehead atoms. The van der Waals surface area contributed by atoms with Gasteiger partial charge in [0.25, 0.3) is 6.43 Å². The third kappa shape index (κ3) is 8.64. The summed E-state index contributed by atoms with van der Waals surface area (Å²) < 4.78 is 31.1. The number of carbonyl (C=O) groups is 2. The molecule has 1 N–H and O–H groups in total. The maximum absolute atomic E-state index is 13.0. The van der Waals surface area contributed by atoms with Crippen LogP contribution in [0.1, 0.15) is 47.9 Å². The number of nitrogens with one attached hydrogen (secondary N) is 1. The minimum atomic E-state index is -2.75. The summed E-state index contributed by atoms with van der Waals surface area (Å²) in [4.78, 5) is 40.4. The van der Waals surface area contributed by atoms with Crippen LogP contribution in [0.5, 0.6) is 5.75 Å². The van der Waals surface area contributed by atoms with Gasteiger partial charge in [0, 0.05) is 42.6 Å². The number of carbonyl (C=O) groups excluding carboxylic acids is 2. The minimum absolute atomic E-state index is 0.199. The molecule has 214 valence electrons. The van der Waals surface area contributed by atoms with Crippen LogP contribution in [0.3, 0.4) is 0 Å². The number of aldehydes is 1. The number of anilines is 1. The summed E-state index contributed by atoms with van der Waals surface area (Å²) in [6, 6.07) is 5.90. The fourth-order valence-corrected chi connectivity index (χ4v) is 4.09. The van der Waals surface area contributed by atoms with Gasteiger partial charge >= 0.3 is 0 Å². The fraction of sp³-hybridized carbons (Fsp3) is 0.310. The highest BCUT2D eigenvalue weighted by Gasteiger charge is 2.19. The van der Waals surface area contributed by atoms with Crippen LogP contribution in [-0.2, 0) is 4.79 Å². The van der Waals surface area contributed by atoms with Crippen molar-refractivity contribution in [3.63, 3.8) is 0 Å². The number of rotatable bonds is 9. The van der Waals surface area contributed by atoms with Crippen LogP contribution in [-0.4, -0.2) is 60.9 Å². The monoisotopic (exact) mass is 580 g/mol. The van der Waals surface area contributed by atoms with Crippen LogP contribution in [0.15, 0.2) is 46.7 Å². The number of methoxy groups -OCH3 is 1. The lowest BCUT2D eigenvalue weighted by atomic mass is 9.98. The van der Waals surface area contributed by atoms with E-state index >= 15 is 0 Å². The van der Waals surface area contributed by atoms with Gasteiger partial charge in [-0.05, 0) is 62.4 Å². The number of thioether (sulfide) groups is 1. The van der Waals surface area contributed by atoms with Crippen LogP contribution >= 0.6 is 11.8 Å². The van der Waals surface area contributed by atoms with E-state index in [1.165, 1.54) is 50.1 Å². The molecular weight excluding hydrogens is 550 g/mol. The van der Waals surface area contributed by atoms with Crippen molar-refractivity contribution in [3.8, 4) is 28.7 Å². The van der Waals surface area contributed by atoms with Crippen molar-refractivity contribution >= 4 is 42.2 Å². The SMILES string of the molecule is C=Nc1ncc(C#CC2CC2)nc1SCNC.COc1cnc(C(F)F)cc1-c1cc(N(C)C(C)=O)ccc1C=O. The Bertz CT molecular complexity index is 1470. The number of ether oxygens (including phenoxy) is 1. The number of alkyl halides is 2. The number of benzene rings is 1. The van der Waals surface area contributed by atoms with Gasteiger partial charge in [-0.25, -0.2) is 23.7 Å². The Morgan fingerprint density at radius 2 is 2.05 bits per heavy atom. The first-order valence-electron chi connectivity index (χ1n) is 12.5. The van der Waals surface area contributed by atoms with Gasteiger partial charge in [0.05, 0.1) is 19.5 Å². The molecule has 0 aliphatic heterocycles. The number of aliphatic imine (C=N–C) groups is 1. The summed E-state index contributed by atoms with van der Waals surface area (Å²) in [5.41, 5.74) is 1.80. The Kier molecular flexibility index (Phi) is 11.4. The lowest BCUT2D eigenvalue weighted by molar-refractivity contribution is -0.116. The van der Waals surface area contributed by atoms with Gasteiger partial charge in [-0.1, -0.05) is 17.7 Å². The van der Waals surface area contributed by atoms with Gasteiger partial charge < -0.3 is 15.0 Å². The van der Waals surface area contributed by atoms with Crippen LogP contribution in [0, 0.1) is 17.8 Å². The first-order valence-corrected chi connectivity index (χ1v) is 13.5. The second-order valence-corrected chi connectivity index (χ2v) is 9.77. The number of pyridine rings is 1. The first-order chi connectivity index (χ1) is 19.7. The van der Waals surface area contributed by atoms with Crippen LogP contribution in [0.2, 0.25) is 0 Å². The molecule has 2 heterocycles. The maximum Gasteiger partial charge on any atom is 0.280 e. The van der Waals surface area contributed by atoms with Crippen molar-refractivity contribution < 1.29 is 23.1 Å². The first kappa shape index (κ1) is 31.3. The fourth-order valence-electron chi connectivity index (χ4n) is 3.40. The third-order valence-corrected chi connectivity index (χ3v) is 6.83. The van der Waals surface area contributed by atoms with E-state index in [4.69, 9.17) is 4.74 Å². The van der Waals surface area contributed by atoms with Crippen LogP contribution < -0.4 is 15.0 Å². The number of halogens is 2. The van der Waals surface area contributed by atoms with Crippen molar-refractivity contribution in [1.29, 1.82) is 0 Å². The summed E-state index contributed by atoms with van der Waals surface area (Å²) in [6.07, 6.45) is 3.14. The van der Waals surface area contributed by atoms with Gasteiger partial charge in [-0.15, -0.1) is 0 Å². The lowest BCUT2D eigenvalue weighted by Crippen LogP contribution is -2.22. The summed E-state index contributed by atoms with van der Waals surface area (Å²) in [5.74, 6) is 8.18. The van der Waals surface area contributed by atoms with E-state index in [1.54, 1.807) is 37.1 Å². The van der Waals surface area contributed by atoms with E-state index in [2.05, 4.69) is 43.8 Å². The third-order valence-electron chi connectivity index (χ3n) is 5.85. The van der Waals surface area contributed by atoms with Gasteiger partial charge in [-0.2, -0.15) is 0 Å². The molecule has 1 aromatic carbocycles. The van der Waals surface area contributed by atoms with Crippen molar-refractivity contribution in [2.24, 2.45) is 10.9 Å². The molecule has 0 radical (unpaired) electrons. The highest BCUT2D eigenvalue weighted by atomic mass is 32.2. The van der Waals surface area contributed by atoms with E-state index < -0.39 is 12.1 Å². The number of nitrogens with zero attached hydrogens (tertiary/aromatic N) is 5. The number of aromatic nitrogens is 3. The molecule has 4 rings (SSSR count). The van der Waals surface area contributed by atoms with E-state index in [1.807, 2.05) is 7.05 Å². The minimum Gasteiger partial charge on any atom is -0.494 e. The average Bonchev–Trinajstić information content (AvgIpc) is 3.82. The zero-order chi connectivity index (χ0) is 29.9. The molecule has 2 aromatic heterocycles. The van der Waals surface area contributed by atoms with Crippen molar-refractivity contribution in [1.82, 2.24) is 20.3 Å². The zero-order valence-electron chi connectivity index (χ0n) is 23.1. The van der Waals surface area contributed by atoms with Crippen molar-refractivity contribution in [2.45, 2.75) is 31.2 Å². The smallest absolute Gasteiger partial charge is 0.280 e. The Morgan fingerprint density at radius 3 is 2.63 bits per heavy atom. The van der Waals surface area contributed by atoms with Crippen LogP contribution in [0.4, 0.5) is 20.3 Å². The molecule has 1 fully saturated rings. The largest absolute Gasteiger partial charge is 0.494 e. The molecule has 41 heavy (non-hydrogen) atoms. The number of hydrogen-bond donors (Lipinski definition) is 1. The number of hydrogen-bond acceptors (Lipinski definition) is 9. The van der Waals surface area contributed by atoms with E-state index in [9.17, 15) is 18.4 Å². The lowest BCUT2D eigenvalue weighted by Gasteiger charge is -2.18. The topological polar surface area (TPSA) is 110 Å². The molecule has 0 atom stereocenters. The second-order valence-electron chi connectivity index (χ2n) is 8.81. The maximum atomic E-state index is 13.0. The summed E-state index contributed by atoms with van der Waals surface area (Å²) in [7, 11) is 4.85. The van der Waals surface area contributed by atoms with Gasteiger partial charge in [-0.3, -0.25) is 14.6 Å².